The van der Waals surface area contributed by atoms with Crippen molar-refractivity contribution < 1.29 is 38.0 Å². The number of nitrogens with zero attached hydrogens (tertiary/aromatic N) is 7. The van der Waals surface area contributed by atoms with E-state index in [0.717, 1.165) is 18.2 Å². The molecule has 0 fully saturated rings. The van der Waals surface area contributed by atoms with Crippen molar-refractivity contribution >= 4 is 55.6 Å². The standard InChI is InChI=1S/C19H12N8O9S/c28-15-11(22-25-19-20-17(18(30)31)24-26-19)6-1-8-7-12(37(34,35)36)14(16(29)13(8)15)23-21-9-2-4-10(5-3-9)27(32)33/h1-7,28-29H,(H,30,31)(H,20,24,26)(H,34,35,36). The first-order valence-electron chi connectivity index (χ1n) is 9.68. The third kappa shape index (κ3) is 5.04. The zero-order valence-corrected chi connectivity index (χ0v) is 18.7. The molecule has 0 saturated carbocycles. The van der Waals surface area contributed by atoms with Crippen LogP contribution in [0.2, 0.25) is 0 Å². The van der Waals surface area contributed by atoms with Crippen LogP contribution in [-0.2, 0) is 10.1 Å². The molecule has 0 aliphatic heterocycles. The molecule has 5 N–H and O–H groups in total. The Labute approximate surface area is 204 Å². The SMILES string of the molecule is O=C(O)c1nc(N=Nc2ccc3cc(S(=O)(=O)O)c(N=Nc4ccc([N+](=O)[O-])cc4)c(O)c3c2O)n[nH]1. The average molecular weight is 528 g/mol. The number of H-pyrrole nitrogens is 1. The number of azo groups is 2. The van der Waals surface area contributed by atoms with Crippen LogP contribution in [0.5, 0.6) is 11.5 Å². The van der Waals surface area contributed by atoms with Crippen LogP contribution in [0.25, 0.3) is 10.8 Å². The summed E-state index contributed by atoms with van der Waals surface area (Å²) in [4.78, 5) is 23.7. The summed E-state index contributed by atoms with van der Waals surface area (Å²) in [6.45, 7) is 0. The largest absolute Gasteiger partial charge is 0.505 e. The molecule has 17 nitrogen and oxygen atoms in total. The maximum atomic E-state index is 12.0. The van der Waals surface area contributed by atoms with Crippen LogP contribution in [0.3, 0.4) is 0 Å². The number of carboxylic acids is 1. The summed E-state index contributed by atoms with van der Waals surface area (Å²) < 4.78 is 33.6. The van der Waals surface area contributed by atoms with E-state index in [0.29, 0.717) is 0 Å². The van der Waals surface area contributed by atoms with E-state index in [9.17, 15) is 38.1 Å². The predicted octanol–water partition coefficient (Wildman–Crippen LogP) is 4.05. The van der Waals surface area contributed by atoms with Crippen molar-refractivity contribution in [1.29, 1.82) is 0 Å². The number of benzene rings is 3. The molecular formula is C19H12N8O9S. The summed E-state index contributed by atoms with van der Waals surface area (Å²) in [6.07, 6.45) is 0. The number of hydrogen-bond acceptors (Lipinski definition) is 13. The van der Waals surface area contributed by atoms with Gasteiger partial charge in [-0.1, -0.05) is 6.07 Å². The van der Waals surface area contributed by atoms with E-state index in [1.54, 1.807) is 0 Å². The minimum Gasteiger partial charge on any atom is -0.505 e. The highest BCUT2D eigenvalue weighted by Gasteiger charge is 2.24. The molecule has 0 aliphatic rings. The molecule has 1 aromatic heterocycles. The van der Waals surface area contributed by atoms with Crippen LogP contribution < -0.4 is 0 Å². The lowest BCUT2D eigenvalue weighted by atomic mass is 10.1. The maximum Gasteiger partial charge on any atom is 0.373 e. The molecule has 1 heterocycles. The molecule has 0 amide bonds. The maximum absolute atomic E-state index is 12.0. The van der Waals surface area contributed by atoms with Crippen LogP contribution in [0.4, 0.5) is 28.7 Å². The number of aromatic carboxylic acids is 1. The van der Waals surface area contributed by atoms with E-state index in [1.165, 1.54) is 24.3 Å². The number of carbonyl (C=O) groups is 1. The van der Waals surface area contributed by atoms with E-state index >= 15 is 0 Å². The van der Waals surface area contributed by atoms with Gasteiger partial charge in [-0.3, -0.25) is 19.8 Å². The van der Waals surface area contributed by atoms with Gasteiger partial charge in [0.25, 0.3) is 21.8 Å². The first-order chi connectivity index (χ1) is 17.5. The highest BCUT2D eigenvalue weighted by molar-refractivity contribution is 7.86. The van der Waals surface area contributed by atoms with Crippen LogP contribution in [0, 0.1) is 10.1 Å². The van der Waals surface area contributed by atoms with E-state index in [-0.39, 0.29) is 33.8 Å². The van der Waals surface area contributed by atoms with Gasteiger partial charge in [-0.15, -0.1) is 20.4 Å². The Morgan fingerprint density at radius 3 is 2.30 bits per heavy atom. The number of nitro benzene ring substituents is 1. The number of nitro groups is 1. The second-order valence-corrected chi connectivity index (χ2v) is 8.43. The third-order valence-electron chi connectivity index (χ3n) is 4.70. The van der Waals surface area contributed by atoms with Gasteiger partial charge in [0.2, 0.25) is 5.82 Å². The first kappa shape index (κ1) is 24.8. The first-order valence-corrected chi connectivity index (χ1v) is 11.1. The van der Waals surface area contributed by atoms with Crippen molar-refractivity contribution in [3.63, 3.8) is 0 Å². The molecule has 0 saturated heterocycles. The van der Waals surface area contributed by atoms with Gasteiger partial charge in [0.1, 0.15) is 16.3 Å². The van der Waals surface area contributed by atoms with Crippen molar-refractivity contribution in [2.75, 3.05) is 0 Å². The summed E-state index contributed by atoms with van der Waals surface area (Å²) >= 11 is 0. The number of rotatable bonds is 7. The number of carboxylic acid groups (broad SMARTS) is 1. The second-order valence-electron chi connectivity index (χ2n) is 7.04. The van der Waals surface area contributed by atoms with Crippen LogP contribution in [0.15, 0.2) is 67.8 Å². The Morgan fingerprint density at radius 1 is 1.00 bits per heavy atom. The van der Waals surface area contributed by atoms with Gasteiger partial charge in [-0.05, 0) is 29.7 Å². The molecule has 37 heavy (non-hydrogen) atoms. The van der Waals surface area contributed by atoms with E-state index < -0.39 is 48.9 Å². The molecule has 18 heteroatoms. The summed E-state index contributed by atoms with van der Waals surface area (Å²) in [5.41, 5.74) is -1.17. The van der Waals surface area contributed by atoms with Gasteiger partial charge in [0.05, 0.1) is 16.0 Å². The smallest absolute Gasteiger partial charge is 0.373 e. The van der Waals surface area contributed by atoms with Gasteiger partial charge < -0.3 is 15.3 Å². The fourth-order valence-electron chi connectivity index (χ4n) is 3.02. The Morgan fingerprint density at radius 2 is 1.70 bits per heavy atom. The predicted molar refractivity (Wildman–Crippen MR) is 122 cm³/mol. The number of aromatic hydroxyl groups is 2. The highest BCUT2D eigenvalue weighted by Crippen LogP contribution is 2.47. The second kappa shape index (κ2) is 9.36. The zero-order chi connectivity index (χ0) is 26.9. The van der Waals surface area contributed by atoms with Crippen molar-refractivity contribution in [3.05, 3.63) is 58.4 Å². The Balaban J connectivity index is 1.81. The Kier molecular flexibility index (Phi) is 6.26. The molecule has 0 unspecified atom stereocenters. The van der Waals surface area contributed by atoms with Crippen molar-refractivity contribution in [2.24, 2.45) is 20.5 Å². The van der Waals surface area contributed by atoms with Crippen molar-refractivity contribution in [3.8, 4) is 11.5 Å². The lowest BCUT2D eigenvalue weighted by Gasteiger charge is -2.11. The number of aromatic nitrogens is 3. The van der Waals surface area contributed by atoms with E-state index in [1.807, 2.05) is 0 Å². The van der Waals surface area contributed by atoms with Gasteiger partial charge in [0, 0.05) is 12.1 Å². The molecule has 188 valence electrons. The minimum absolute atomic E-state index is 0.0399. The van der Waals surface area contributed by atoms with Gasteiger partial charge >= 0.3 is 5.97 Å². The normalized spacial score (nSPS) is 12.0. The molecule has 3 aromatic carbocycles. The summed E-state index contributed by atoms with van der Waals surface area (Å²) in [6, 6.07) is 8.02. The average Bonchev–Trinajstić information content (AvgIpc) is 3.32. The number of non-ortho nitro benzene ring substituents is 1. The van der Waals surface area contributed by atoms with E-state index in [2.05, 4.69) is 35.6 Å². The van der Waals surface area contributed by atoms with Gasteiger partial charge in [0.15, 0.2) is 11.5 Å². The van der Waals surface area contributed by atoms with Crippen LogP contribution >= 0.6 is 0 Å². The fraction of sp³-hybridized carbons (Fsp3) is 0. The Hall–Kier alpha value is -5.36. The number of fused-ring (bicyclic) bond motifs is 1. The van der Waals surface area contributed by atoms with Crippen LogP contribution in [-0.4, -0.2) is 54.4 Å². The fourth-order valence-corrected chi connectivity index (χ4v) is 3.68. The molecule has 4 aromatic rings. The topological polar surface area (TPSA) is 266 Å². The lowest BCUT2D eigenvalue weighted by molar-refractivity contribution is -0.384. The number of aromatic amines is 1. The monoisotopic (exact) mass is 528 g/mol. The molecule has 0 spiro atoms. The Bertz CT molecular complexity index is 1730. The quantitative estimate of drug-likeness (QED) is 0.0987. The number of nitrogens with one attached hydrogen (secondary N) is 1. The number of phenolic OH excluding ortho intramolecular Hbond substituents is 2. The van der Waals surface area contributed by atoms with Crippen LogP contribution in [0.1, 0.15) is 10.6 Å². The molecular weight excluding hydrogens is 516 g/mol. The molecule has 0 atom stereocenters. The highest BCUT2D eigenvalue weighted by atomic mass is 32.2. The minimum atomic E-state index is -4.94. The molecule has 4 rings (SSSR count). The number of hydrogen-bond donors (Lipinski definition) is 5. The molecule has 0 aliphatic carbocycles. The third-order valence-corrected chi connectivity index (χ3v) is 5.56. The molecule has 0 bridgehead atoms. The van der Waals surface area contributed by atoms with Gasteiger partial charge in [-0.25, -0.2) is 4.79 Å². The molecule has 0 radical (unpaired) electrons. The van der Waals surface area contributed by atoms with Gasteiger partial charge in [-0.2, -0.15) is 18.5 Å². The lowest BCUT2D eigenvalue weighted by Crippen LogP contribution is -1.99. The van der Waals surface area contributed by atoms with Crippen molar-refractivity contribution in [2.45, 2.75) is 4.90 Å². The summed E-state index contributed by atoms with van der Waals surface area (Å²) in [7, 11) is -4.94. The summed E-state index contributed by atoms with van der Waals surface area (Å²) in [5, 5.41) is 61.1. The number of phenols is 2. The zero-order valence-electron chi connectivity index (χ0n) is 17.9. The summed E-state index contributed by atoms with van der Waals surface area (Å²) in [5.74, 6) is -3.84. The van der Waals surface area contributed by atoms with Crippen molar-refractivity contribution in [1.82, 2.24) is 15.2 Å². The van der Waals surface area contributed by atoms with E-state index in [4.69, 9.17) is 5.11 Å².